The molecule has 0 heterocycles. The molecule has 0 spiro atoms. The zero-order chi connectivity index (χ0) is 14.0. The second-order valence-electron chi connectivity index (χ2n) is 4.83. The van der Waals surface area contributed by atoms with Crippen molar-refractivity contribution in [3.8, 4) is 0 Å². The van der Waals surface area contributed by atoms with E-state index in [1.807, 2.05) is 0 Å². The first-order chi connectivity index (χ1) is 8.97. The van der Waals surface area contributed by atoms with Gasteiger partial charge in [-0.15, -0.1) is 0 Å². The maximum atomic E-state index is 13.3. The summed E-state index contributed by atoms with van der Waals surface area (Å²) in [5, 5.41) is 12.1. The second-order valence-corrected chi connectivity index (χ2v) is 4.83. The zero-order valence-electron chi connectivity index (χ0n) is 10.3. The number of anilines is 1. The van der Waals surface area contributed by atoms with Gasteiger partial charge in [-0.25, -0.2) is 8.78 Å². The van der Waals surface area contributed by atoms with Crippen molar-refractivity contribution < 1.29 is 18.7 Å². The van der Waals surface area contributed by atoms with Crippen molar-refractivity contribution in [2.24, 2.45) is 0 Å². The highest BCUT2D eigenvalue weighted by molar-refractivity contribution is 5.94. The molecule has 0 bridgehead atoms. The Morgan fingerprint density at radius 1 is 1.21 bits per heavy atom. The molecule has 1 aliphatic carbocycles. The van der Waals surface area contributed by atoms with Gasteiger partial charge in [0, 0.05) is 11.6 Å². The van der Waals surface area contributed by atoms with Crippen LogP contribution in [0.15, 0.2) is 12.1 Å². The molecule has 6 heteroatoms. The fraction of sp³-hybridized carbons (Fsp3) is 0.462. The van der Waals surface area contributed by atoms with E-state index in [-0.39, 0.29) is 17.7 Å². The van der Waals surface area contributed by atoms with Crippen molar-refractivity contribution >= 4 is 11.6 Å². The van der Waals surface area contributed by atoms with Crippen LogP contribution in [0.3, 0.4) is 0 Å². The summed E-state index contributed by atoms with van der Waals surface area (Å²) >= 11 is 0. The minimum Gasteiger partial charge on any atom is -0.394 e. The Kier molecular flexibility index (Phi) is 3.99. The van der Waals surface area contributed by atoms with Gasteiger partial charge in [0.2, 0.25) is 0 Å². The first-order valence-electron chi connectivity index (χ1n) is 6.21. The van der Waals surface area contributed by atoms with Crippen LogP contribution >= 0.6 is 0 Å². The third-order valence-electron chi connectivity index (χ3n) is 3.37. The first-order valence-corrected chi connectivity index (χ1v) is 6.21. The molecule has 1 aliphatic rings. The Hall–Kier alpha value is -1.69. The monoisotopic (exact) mass is 270 g/mol. The number of amides is 1. The van der Waals surface area contributed by atoms with Crippen LogP contribution in [0.2, 0.25) is 0 Å². The number of nitrogens with two attached hydrogens (primary N) is 1. The number of aliphatic hydroxyl groups is 1. The van der Waals surface area contributed by atoms with E-state index in [2.05, 4.69) is 5.32 Å². The topological polar surface area (TPSA) is 75.4 Å². The molecular weight excluding hydrogens is 254 g/mol. The van der Waals surface area contributed by atoms with Crippen LogP contribution in [0, 0.1) is 11.6 Å². The highest BCUT2D eigenvalue weighted by Gasteiger charge is 2.22. The average molecular weight is 270 g/mol. The van der Waals surface area contributed by atoms with Gasteiger partial charge < -0.3 is 16.2 Å². The molecule has 1 aromatic carbocycles. The van der Waals surface area contributed by atoms with Gasteiger partial charge in [-0.3, -0.25) is 4.79 Å². The van der Waals surface area contributed by atoms with Crippen LogP contribution < -0.4 is 11.1 Å². The average Bonchev–Trinajstić information content (AvgIpc) is 2.38. The Labute approximate surface area is 109 Å². The molecule has 1 saturated carbocycles. The van der Waals surface area contributed by atoms with Gasteiger partial charge in [0.25, 0.3) is 5.91 Å². The molecule has 19 heavy (non-hydrogen) atoms. The largest absolute Gasteiger partial charge is 0.394 e. The Balaban J connectivity index is 2.04. The second kappa shape index (κ2) is 5.52. The van der Waals surface area contributed by atoms with Crippen LogP contribution in [-0.4, -0.2) is 23.2 Å². The third-order valence-corrected chi connectivity index (χ3v) is 3.37. The minimum atomic E-state index is -0.941. The molecule has 0 aromatic heterocycles. The number of nitrogen functional groups attached to an aromatic ring is 1. The van der Waals surface area contributed by atoms with Crippen LogP contribution in [-0.2, 0) is 0 Å². The van der Waals surface area contributed by atoms with E-state index in [0.29, 0.717) is 25.7 Å². The summed E-state index contributed by atoms with van der Waals surface area (Å²) < 4.78 is 26.5. The number of carbonyl (C=O) groups is 1. The summed E-state index contributed by atoms with van der Waals surface area (Å²) in [6.07, 6.45) is 2.24. The number of nitrogens with one attached hydrogen (secondary N) is 1. The van der Waals surface area contributed by atoms with Crippen LogP contribution in [0.4, 0.5) is 14.5 Å². The summed E-state index contributed by atoms with van der Waals surface area (Å²) in [5.74, 6) is -2.41. The zero-order valence-corrected chi connectivity index (χ0v) is 10.3. The normalized spacial score (nSPS) is 23.1. The molecule has 0 radical (unpaired) electrons. The Morgan fingerprint density at radius 3 is 2.26 bits per heavy atom. The summed E-state index contributed by atoms with van der Waals surface area (Å²) in [6.45, 7) is 0. The van der Waals surface area contributed by atoms with E-state index in [1.165, 1.54) is 0 Å². The van der Waals surface area contributed by atoms with E-state index >= 15 is 0 Å². The molecule has 0 aliphatic heterocycles. The van der Waals surface area contributed by atoms with Crippen molar-refractivity contribution in [1.29, 1.82) is 0 Å². The fourth-order valence-electron chi connectivity index (χ4n) is 2.20. The predicted octanol–water partition coefficient (Wildman–Crippen LogP) is 1.58. The van der Waals surface area contributed by atoms with Gasteiger partial charge >= 0.3 is 0 Å². The van der Waals surface area contributed by atoms with Crippen molar-refractivity contribution in [1.82, 2.24) is 5.32 Å². The number of carbonyl (C=O) groups excluding carboxylic acids is 1. The quantitative estimate of drug-likeness (QED) is 0.714. The summed E-state index contributed by atoms with van der Waals surface area (Å²) in [7, 11) is 0. The first kappa shape index (κ1) is 13.7. The number of halogens is 2. The maximum Gasteiger partial charge on any atom is 0.251 e. The molecule has 1 fully saturated rings. The van der Waals surface area contributed by atoms with E-state index in [4.69, 9.17) is 5.73 Å². The molecule has 2 rings (SSSR count). The molecule has 4 nitrogen and oxygen atoms in total. The number of hydrogen-bond donors (Lipinski definition) is 3. The number of hydrogen-bond acceptors (Lipinski definition) is 3. The van der Waals surface area contributed by atoms with E-state index in [0.717, 1.165) is 12.1 Å². The van der Waals surface area contributed by atoms with Crippen LogP contribution in [0.5, 0.6) is 0 Å². The van der Waals surface area contributed by atoms with Crippen molar-refractivity contribution in [3.05, 3.63) is 29.3 Å². The lowest BCUT2D eigenvalue weighted by atomic mass is 9.93. The summed E-state index contributed by atoms with van der Waals surface area (Å²) in [4.78, 5) is 11.9. The molecule has 1 amide bonds. The predicted molar refractivity (Wildman–Crippen MR) is 66.5 cm³/mol. The maximum absolute atomic E-state index is 13.3. The lowest BCUT2D eigenvalue weighted by molar-refractivity contribution is 0.0867. The molecule has 1 aromatic rings. The van der Waals surface area contributed by atoms with Gasteiger partial charge in [-0.05, 0) is 37.8 Å². The lowest BCUT2D eigenvalue weighted by Gasteiger charge is -2.26. The van der Waals surface area contributed by atoms with Crippen molar-refractivity contribution in [2.75, 3.05) is 5.73 Å². The van der Waals surface area contributed by atoms with Gasteiger partial charge in [0.15, 0.2) is 0 Å². The van der Waals surface area contributed by atoms with Gasteiger partial charge in [0.05, 0.1) is 6.10 Å². The molecule has 0 atom stereocenters. The van der Waals surface area contributed by atoms with Crippen LogP contribution in [0.1, 0.15) is 36.0 Å². The lowest BCUT2D eigenvalue weighted by Crippen LogP contribution is -2.38. The molecule has 0 saturated heterocycles. The van der Waals surface area contributed by atoms with Crippen molar-refractivity contribution in [3.63, 3.8) is 0 Å². The number of aliphatic hydroxyl groups excluding tert-OH is 1. The summed E-state index contributed by atoms with van der Waals surface area (Å²) in [6, 6.07) is 1.77. The standard InChI is InChI=1S/C13H16F2N2O2/c14-10-5-7(6-11(15)12(10)16)13(19)17-8-1-3-9(18)4-2-8/h5-6,8-9,18H,1-4,16H2,(H,17,19). The number of benzene rings is 1. The molecular formula is C13H16F2N2O2. The van der Waals surface area contributed by atoms with Gasteiger partial charge in [-0.1, -0.05) is 0 Å². The molecule has 4 N–H and O–H groups in total. The minimum absolute atomic E-state index is 0.0698. The highest BCUT2D eigenvalue weighted by atomic mass is 19.1. The fourth-order valence-corrected chi connectivity index (χ4v) is 2.20. The third kappa shape index (κ3) is 3.20. The van der Waals surface area contributed by atoms with Crippen molar-refractivity contribution in [2.45, 2.75) is 37.8 Å². The van der Waals surface area contributed by atoms with Crippen LogP contribution in [0.25, 0.3) is 0 Å². The molecule has 0 unspecified atom stereocenters. The van der Waals surface area contributed by atoms with Gasteiger partial charge in [0.1, 0.15) is 17.3 Å². The summed E-state index contributed by atoms with van der Waals surface area (Å²) in [5.41, 5.74) is 4.47. The smallest absolute Gasteiger partial charge is 0.251 e. The van der Waals surface area contributed by atoms with Gasteiger partial charge in [-0.2, -0.15) is 0 Å². The highest BCUT2D eigenvalue weighted by Crippen LogP contribution is 2.20. The Morgan fingerprint density at radius 2 is 1.74 bits per heavy atom. The molecule has 104 valence electrons. The Bertz CT molecular complexity index is 463. The van der Waals surface area contributed by atoms with E-state index in [9.17, 15) is 18.7 Å². The van der Waals surface area contributed by atoms with E-state index in [1.54, 1.807) is 0 Å². The van der Waals surface area contributed by atoms with E-state index < -0.39 is 23.2 Å². The SMILES string of the molecule is Nc1c(F)cc(C(=O)NC2CCC(O)CC2)cc1F. The number of rotatable bonds is 2.